The number of benzene rings is 2. The summed E-state index contributed by atoms with van der Waals surface area (Å²) in [5.41, 5.74) is 0.605. The molecule has 0 bridgehead atoms. The Labute approximate surface area is 137 Å². The van der Waals surface area contributed by atoms with Crippen LogP contribution in [0.15, 0.2) is 48.5 Å². The van der Waals surface area contributed by atoms with E-state index in [9.17, 15) is 19.1 Å². The second-order valence-electron chi connectivity index (χ2n) is 5.09. The highest BCUT2D eigenvalue weighted by atomic mass is 35.5. The van der Waals surface area contributed by atoms with Crippen molar-refractivity contribution in [3.63, 3.8) is 0 Å². The summed E-state index contributed by atoms with van der Waals surface area (Å²) < 4.78 is 13.5. The molecule has 2 N–H and O–H groups in total. The molecule has 0 aliphatic heterocycles. The number of carbonyl (C=O) groups is 2. The van der Waals surface area contributed by atoms with E-state index in [1.807, 2.05) is 0 Å². The summed E-state index contributed by atoms with van der Waals surface area (Å²) in [5, 5.41) is 11.6. The topological polar surface area (TPSA) is 66.4 Å². The average Bonchev–Trinajstić information content (AvgIpc) is 2.55. The Bertz CT molecular complexity index is 721. The molecule has 0 aromatic heterocycles. The maximum atomic E-state index is 13.5. The van der Waals surface area contributed by atoms with Crippen LogP contribution in [0.25, 0.3) is 0 Å². The Morgan fingerprint density at radius 1 is 1.13 bits per heavy atom. The lowest BCUT2D eigenvalue weighted by molar-refractivity contribution is -0.142. The minimum Gasteiger partial charge on any atom is -0.481 e. The first kappa shape index (κ1) is 17.0. The predicted octanol–water partition coefficient (Wildman–Crippen LogP) is 3.67. The third kappa shape index (κ3) is 3.87. The van der Waals surface area contributed by atoms with Crippen molar-refractivity contribution >= 4 is 23.5 Å². The molecule has 0 unspecified atom stereocenters. The Hall–Kier alpha value is -2.40. The van der Waals surface area contributed by atoms with Crippen molar-refractivity contribution in [2.45, 2.75) is 13.0 Å². The first-order valence-electron chi connectivity index (χ1n) is 6.94. The smallest absolute Gasteiger partial charge is 0.308 e. The first-order chi connectivity index (χ1) is 10.9. The van der Waals surface area contributed by atoms with Gasteiger partial charge in [0, 0.05) is 0 Å². The number of halogens is 2. The lowest BCUT2D eigenvalue weighted by Crippen LogP contribution is -2.35. The number of carboxylic acid groups (broad SMARTS) is 1. The van der Waals surface area contributed by atoms with Crippen LogP contribution in [-0.4, -0.2) is 17.0 Å². The lowest BCUT2D eigenvalue weighted by Gasteiger charge is -2.23. The van der Waals surface area contributed by atoms with Crippen molar-refractivity contribution < 1.29 is 19.1 Å². The number of amides is 1. The number of rotatable bonds is 5. The predicted molar refractivity (Wildman–Crippen MR) is 84.9 cm³/mol. The van der Waals surface area contributed by atoms with Gasteiger partial charge in [0.25, 0.3) is 5.91 Å². The third-order valence-electron chi connectivity index (χ3n) is 3.53. The summed E-state index contributed by atoms with van der Waals surface area (Å²) in [4.78, 5) is 23.7. The number of carbonyl (C=O) groups excluding carboxylic acids is 1. The van der Waals surface area contributed by atoms with Crippen LogP contribution in [0.5, 0.6) is 0 Å². The molecular formula is C17H15ClFNO3. The van der Waals surface area contributed by atoms with Gasteiger partial charge in [-0.2, -0.15) is 0 Å². The van der Waals surface area contributed by atoms with Crippen molar-refractivity contribution in [1.82, 2.24) is 5.32 Å². The summed E-state index contributed by atoms with van der Waals surface area (Å²) in [5.74, 6) is -3.25. The molecule has 23 heavy (non-hydrogen) atoms. The Balaban J connectivity index is 2.33. The molecule has 6 heteroatoms. The molecule has 0 saturated heterocycles. The average molecular weight is 336 g/mol. The Morgan fingerprint density at radius 2 is 1.78 bits per heavy atom. The van der Waals surface area contributed by atoms with Gasteiger partial charge < -0.3 is 10.4 Å². The highest BCUT2D eigenvalue weighted by Crippen LogP contribution is 2.25. The molecule has 0 saturated carbocycles. The van der Waals surface area contributed by atoms with Gasteiger partial charge in [0.15, 0.2) is 0 Å². The van der Waals surface area contributed by atoms with Gasteiger partial charge in [-0.15, -0.1) is 0 Å². The summed E-state index contributed by atoms with van der Waals surface area (Å²) in [7, 11) is 0. The van der Waals surface area contributed by atoms with Gasteiger partial charge in [0.1, 0.15) is 5.82 Å². The molecule has 0 fully saturated rings. The molecule has 2 aromatic carbocycles. The van der Waals surface area contributed by atoms with Crippen molar-refractivity contribution in [2.75, 3.05) is 0 Å². The van der Waals surface area contributed by atoms with Crippen LogP contribution in [0.1, 0.15) is 28.9 Å². The normalized spacial score (nSPS) is 13.2. The van der Waals surface area contributed by atoms with Crippen LogP contribution in [0, 0.1) is 11.7 Å². The van der Waals surface area contributed by atoms with Crippen LogP contribution in [0.2, 0.25) is 5.02 Å². The van der Waals surface area contributed by atoms with Crippen molar-refractivity contribution in [1.29, 1.82) is 0 Å². The van der Waals surface area contributed by atoms with E-state index in [0.29, 0.717) is 5.56 Å². The first-order valence-corrected chi connectivity index (χ1v) is 7.32. The van der Waals surface area contributed by atoms with Gasteiger partial charge in [0.2, 0.25) is 0 Å². The monoisotopic (exact) mass is 335 g/mol. The minimum atomic E-state index is -1.05. The molecule has 0 radical (unpaired) electrons. The number of hydrogen-bond acceptors (Lipinski definition) is 2. The molecule has 2 aromatic rings. The van der Waals surface area contributed by atoms with Gasteiger partial charge in [-0.3, -0.25) is 9.59 Å². The van der Waals surface area contributed by atoms with Crippen LogP contribution in [-0.2, 0) is 4.79 Å². The molecule has 0 heterocycles. The highest BCUT2D eigenvalue weighted by Gasteiger charge is 2.27. The molecule has 0 aliphatic rings. The van der Waals surface area contributed by atoms with Crippen LogP contribution < -0.4 is 5.32 Å². The standard InChI is InChI=1S/C17H15ClFNO3/c1-10(17(22)23)15(11-6-3-2-4-7-11)20-16(21)12-8-5-9-13(19)14(12)18/h2-10,15H,1H3,(H,20,21)(H,22,23)/t10-,15+/m1/s1. The van der Waals surface area contributed by atoms with Gasteiger partial charge in [-0.1, -0.05) is 48.0 Å². The molecule has 4 nitrogen and oxygen atoms in total. The fourth-order valence-corrected chi connectivity index (χ4v) is 2.41. The molecule has 0 spiro atoms. The lowest BCUT2D eigenvalue weighted by atomic mass is 9.94. The van der Waals surface area contributed by atoms with Crippen LogP contribution in [0.3, 0.4) is 0 Å². The van der Waals surface area contributed by atoms with Crippen molar-refractivity contribution in [2.24, 2.45) is 5.92 Å². The Kier molecular flexibility index (Phi) is 5.34. The number of nitrogens with one attached hydrogen (secondary N) is 1. The second kappa shape index (κ2) is 7.24. The molecule has 1 amide bonds. The minimum absolute atomic E-state index is 0.0369. The molecule has 2 atom stereocenters. The Morgan fingerprint density at radius 3 is 2.39 bits per heavy atom. The van der Waals surface area contributed by atoms with Gasteiger partial charge in [-0.05, 0) is 24.6 Å². The van der Waals surface area contributed by atoms with E-state index < -0.39 is 29.7 Å². The molecule has 2 rings (SSSR count). The summed E-state index contributed by atoms with van der Waals surface area (Å²) >= 11 is 5.81. The van der Waals surface area contributed by atoms with Gasteiger partial charge >= 0.3 is 5.97 Å². The van der Waals surface area contributed by atoms with E-state index in [4.69, 9.17) is 11.6 Å². The quantitative estimate of drug-likeness (QED) is 0.876. The van der Waals surface area contributed by atoms with Gasteiger partial charge in [0.05, 0.1) is 22.5 Å². The van der Waals surface area contributed by atoms with E-state index >= 15 is 0 Å². The van der Waals surface area contributed by atoms with E-state index in [1.165, 1.54) is 19.1 Å². The SMILES string of the molecule is C[C@@H](C(=O)O)[C@H](NC(=O)c1cccc(F)c1Cl)c1ccccc1. The van der Waals surface area contributed by atoms with E-state index in [-0.39, 0.29) is 10.6 Å². The zero-order chi connectivity index (χ0) is 17.0. The fraction of sp³-hybridized carbons (Fsp3) is 0.176. The van der Waals surface area contributed by atoms with Crippen LogP contribution in [0.4, 0.5) is 4.39 Å². The third-order valence-corrected chi connectivity index (χ3v) is 3.92. The maximum Gasteiger partial charge on any atom is 0.308 e. The van der Waals surface area contributed by atoms with E-state index in [2.05, 4.69) is 5.32 Å². The largest absolute Gasteiger partial charge is 0.481 e. The van der Waals surface area contributed by atoms with Crippen molar-refractivity contribution in [3.05, 3.63) is 70.5 Å². The zero-order valence-corrected chi connectivity index (χ0v) is 13.0. The van der Waals surface area contributed by atoms with Gasteiger partial charge in [-0.25, -0.2) is 4.39 Å². The highest BCUT2D eigenvalue weighted by molar-refractivity contribution is 6.34. The number of hydrogen-bond donors (Lipinski definition) is 2. The van der Waals surface area contributed by atoms with Crippen LogP contribution >= 0.6 is 11.6 Å². The zero-order valence-electron chi connectivity index (χ0n) is 12.3. The molecular weight excluding hydrogens is 321 g/mol. The van der Waals surface area contributed by atoms with E-state index in [1.54, 1.807) is 30.3 Å². The fourth-order valence-electron chi connectivity index (χ4n) is 2.20. The summed E-state index contributed by atoms with van der Waals surface area (Å²) in [6, 6.07) is 11.9. The van der Waals surface area contributed by atoms with Crippen molar-refractivity contribution in [3.8, 4) is 0 Å². The summed E-state index contributed by atoms with van der Waals surface area (Å²) in [6.07, 6.45) is 0. The summed E-state index contributed by atoms with van der Waals surface area (Å²) in [6.45, 7) is 1.49. The maximum absolute atomic E-state index is 13.5. The van der Waals surface area contributed by atoms with E-state index in [0.717, 1.165) is 6.07 Å². The number of aliphatic carboxylic acids is 1. The molecule has 120 valence electrons. The molecule has 0 aliphatic carbocycles. The number of carboxylic acids is 1. The second-order valence-corrected chi connectivity index (χ2v) is 5.47.